The Morgan fingerprint density at radius 2 is 1.93 bits per heavy atom. The van der Waals surface area contributed by atoms with Gasteiger partial charge in [0.25, 0.3) is 5.91 Å². The molecule has 1 aliphatic carbocycles. The number of hydrogen-bond donors (Lipinski definition) is 1. The molecule has 1 aromatic carbocycles. The van der Waals surface area contributed by atoms with Crippen LogP contribution < -0.4 is 5.32 Å². The number of carbonyl (C=O) groups excluding carboxylic acids is 1. The van der Waals surface area contributed by atoms with Gasteiger partial charge in [-0.25, -0.2) is 0 Å². The lowest BCUT2D eigenvalue weighted by molar-refractivity contribution is 0.0949. The summed E-state index contributed by atoms with van der Waals surface area (Å²) in [5.41, 5.74) is 6.16. The molecule has 138 valence electrons. The first-order chi connectivity index (χ1) is 13.2. The molecule has 4 rings (SSSR count). The highest BCUT2D eigenvalue weighted by Crippen LogP contribution is 2.19. The molecule has 27 heavy (non-hydrogen) atoms. The summed E-state index contributed by atoms with van der Waals surface area (Å²) in [6.07, 6.45) is 6.93. The molecule has 0 fully saturated rings. The Labute approximate surface area is 159 Å². The van der Waals surface area contributed by atoms with Gasteiger partial charge in [-0.3, -0.25) is 14.5 Å². The lowest BCUT2D eigenvalue weighted by atomic mass is 9.96. The number of nitrogens with one attached hydrogen (secondary N) is 1. The minimum Gasteiger partial charge on any atom is -0.346 e. The van der Waals surface area contributed by atoms with E-state index in [-0.39, 0.29) is 5.91 Å². The van der Waals surface area contributed by atoms with Gasteiger partial charge in [0.1, 0.15) is 0 Å². The molecular formula is C22H24N4O. The van der Waals surface area contributed by atoms with Crippen molar-refractivity contribution in [2.45, 2.75) is 38.6 Å². The number of aryl methyl sites for hydroxylation is 3. The number of benzene rings is 1. The second-order valence-corrected chi connectivity index (χ2v) is 7.09. The topological polar surface area (TPSA) is 59.8 Å². The lowest BCUT2D eigenvalue weighted by Gasteiger charge is -2.15. The zero-order chi connectivity index (χ0) is 18.6. The zero-order valence-electron chi connectivity index (χ0n) is 15.6. The maximum Gasteiger partial charge on any atom is 0.255 e. The lowest BCUT2D eigenvalue weighted by Crippen LogP contribution is -2.25. The molecule has 0 atom stereocenters. The molecule has 5 nitrogen and oxygen atoms in total. The second kappa shape index (κ2) is 7.74. The van der Waals surface area contributed by atoms with E-state index in [2.05, 4.69) is 28.6 Å². The fourth-order valence-corrected chi connectivity index (χ4v) is 3.64. The Balaban J connectivity index is 1.46. The maximum absolute atomic E-state index is 12.7. The molecule has 0 spiro atoms. The van der Waals surface area contributed by atoms with Crippen LogP contribution in [0.2, 0.25) is 0 Å². The van der Waals surface area contributed by atoms with Crippen molar-refractivity contribution < 1.29 is 4.79 Å². The predicted octanol–water partition coefficient (Wildman–Crippen LogP) is 3.21. The van der Waals surface area contributed by atoms with Gasteiger partial charge in [-0.15, -0.1) is 0 Å². The highest BCUT2D eigenvalue weighted by Gasteiger charge is 2.17. The Hall–Kier alpha value is -2.95. The van der Waals surface area contributed by atoms with Crippen LogP contribution in [0.1, 0.15) is 51.4 Å². The summed E-state index contributed by atoms with van der Waals surface area (Å²) < 4.78 is 1.78. The molecule has 1 amide bonds. The van der Waals surface area contributed by atoms with Crippen molar-refractivity contribution in [1.82, 2.24) is 20.1 Å². The normalized spacial score (nSPS) is 13.2. The van der Waals surface area contributed by atoms with Crippen LogP contribution in [0.3, 0.4) is 0 Å². The molecule has 0 saturated carbocycles. The Bertz CT molecular complexity index is 946. The van der Waals surface area contributed by atoms with Crippen molar-refractivity contribution in [2.24, 2.45) is 7.05 Å². The van der Waals surface area contributed by atoms with E-state index in [9.17, 15) is 4.79 Å². The molecule has 1 aliphatic rings. The van der Waals surface area contributed by atoms with Gasteiger partial charge in [0.2, 0.25) is 0 Å². The zero-order valence-corrected chi connectivity index (χ0v) is 15.6. The minimum atomic E-state index is -0.103. The van der Waals surface area contributed by atoms with Crippen LogP contribution in [-0.2, 0) is 32.9 Å². The molecule has 0 bridgehead atoms. The first-order valence-electron chi connectivity index (χ1n) is 9.51. The van der Waals surface area contributed by atoms with Gasteiger partial charge in [0, 0.05) is 19.2 Å². The first kappa shape index (κ1) is 17.5. The van der Waals surface area contributed by atoms with Gasteiger partial charge in [-0.2, -0.15) is 5.10 Å². The van der Waals surface area contributed by atoms with Crippen LogP contribution in [0.4, 0.5) is 0 Å². The number of amides is 1. The van der Waals surface area contributed by atoms with Crippen LogP contribution in [-0.4, -0.2) is 20.7 Å². The van der Waals surface area contributed by atoms with Gasteiger partial charge >= 0.3 is 0 Å². The van der Waals surface area contributed by atoms with Gasteiger partial charge < -0.3 is 5.32 Å². The molecule has 0 aliphatic heterocycles. The minimum absolute atomic E-state index is 0.103. The van der Waals surface area contributed by atoms with E-state index in [4.69, 9.17) is 4.98 Å². The predicted molar refractivity (Wildman–Crippen MR) is 105 cm³/mol. The third-order valence-corrected chi connectivity index (χ3v) is 5.19. The molecule has 2 aromatic heterocycles. The molecule has 2 heterocycles. The highest BCUT2D eigenvalue weighted by molar-refractivity contribution is 5.95. The van der Waals surface area contributed by atoms with Crippen molar-refractivity contribution in [3.05, 3.63) is 82.4 Å². The third-order valence-electron chi connectivity index (χ3n) is 5.19. The molecule has 5 heteroatoms. The van der Waals surface area contributed by atoms with Crippen molar-refractivity contribution in [1.29, 1.82) is 0 Å². The second-order valence-electron chi connectivity index (χ2n) is 7.09. The quantitative estimate of drug-likeness (QED) is 0.760. The summed E-state index contributed by atoms with van der Waals surface area (Å²) in [4.78, 5) is 17.5. The standard InChI is InChI=1S/C22H24N4O/c1-26-21(13-16-7-3-2-4-8-16)19(15-24-26)22(27)23-14-18-12-11-17-9-5-6-10-20(17)25-18/h2-4,7-8,11-12,15H,5-6,9-10,13-14H2,1H3,(H,23,27). The summed E-state index contributed by atoms with van der Waals surface area (Å²) in [5, 5.41) is 7.29. The fourth-order valence-electron chi connectivity index (χ4n) is 3.64. The number of carbonyl (C=O) groups is 1. The number of rotatable bonds is 5. The van der Waals surface area contributed by atoms with Crippen LogP contribution in [0.25, 0.3) is 0 Å². The SMILES string of the molecule is Cn1ncc(C(=O)NCc2ccc3c(n2)CCCC3)c1Cc1ccccc1. The van der Waals surface area contributed by atoms with Gasteiger partial charge in [-0.05, 0) is 42.9 Å². The molecule has 1 N–H and O–H groups in total. The monoisotopic (exact) mass is 360 g/mol. The maximum atomic E-state index is 12.7. The van der Waals surface area contributed by atoms with Crippen LogP contribution in [0, 0.1) is 0 Å². The van der Waals surface area contributed by atoms with E-state index in [0.29, 0.717) is 18.5 Å². The highest BCUT2D eigenvalue weighted by atomic mass is 16.1. The van der Waals surface area contributed by atoms with E-state index in [0.717, 1.165) is 29.8 Å². The number of pyridine rings is 1. The average molecular weight is 360 g/mol. The van der Waals surface area contributed by atoms with E-state index in [1.807, 2.05) is 31.3 Å². The molecule has 0 unspecified atom stereocenters. The van der Waals surface area contributed by atoms with E-state index >= 15 is 0 Å². The Morgan fingerprint density at radius 1 is 1.11 bits per heavy atom. The van der Waals surface area contributed by atoms with Crippen LogP contribution in [0.15, 0.2) is 48.7 Å². The van der Waals surface area contributed by atoms with Gasteiger partial charge in [0.05, 0.1) is 29.7 Å². The Kier molecular flexibility index (Phi) is 5.01. The summed E-state index contributed by atoms with van der Waals surface area (Å²) in [6.45, 7) is 0.436. The number of aromatic nitrogens is 3. The van der Waals surface area contributed by atoms with E-state index in [1.54, 1.807) is 10.9 Å². The first-order valence-corrected chi connectivity index (χ1v) is 9.51. The van der Waals surface area contributed by atoms with Crippen molar-refractivity contribution in [2.75, 3.05) is 0 Å². The smallest absolute Gasteiger partial charge is 0.255 e. The molecule has 3 aromatic rings. The summed E-state index contributed by atoms with van der Waals surface area (Å²) >= 11 is 0. The van der Waals surface area contributed by atoms with E-state index in [1.165, 1.54) is 24.1 Å². The Morgan fingerprint density at radius 3 is 2.78 bits per heavy atom. The summed E-state index contributed by atoms with van der Waals surface area (Å²) in [5.74, 6) is -0.103. The number of fused-ring (bicyclic) bond motifs is 1. The largest absolute Gasteiger partial charge is 0.346 e. The van der Waals surface area contributed by atoms with Crippen molar-refractivity contribution >= 4 is 5.91 Å². The number of nitrogens with zero attached hydrogens (tertiary/aromatic N) is 3. The van der Waals surface area contributed by atoms with E-state index < -0.39 is 0 Å². The fraction of sp³-hybridized carbons (Fsp3) is 0.318. The molecular weight excluding hydrogens is 336 g/mol. The summed E-state index contributed by atoms with van der Waals surface area (Å²) in [6, 6.07) is 14.3. The number of hydrogen-bond acceptors (Lipinski definition) is 3. The summed E-state index contributed by atoms with van der Waals surface area (Å²) in [7, 11) is 1.88. The molecule has 0 saturated heterocycles. The van der Waals surface area contributed by atoms with Gasteiger partial charge in [0.15, 0.2) is 0 Å². The average Bonchev–Trinajstić information content (AvgIpc) is 3.07. The molecule has 0 radical (unpaired) electrons. The third kappa shape index (κ3) is 3.92. The van der Waals surface area contributed by atoms with Crippen molar-refractivity contribution in [3.63, 3.8) is 0 Å². The van der Waals surface area contributed by atoms with Gasteiger partial charge in [-0.1, -0.05) is 36.4 Å². The van der Waals surface area contributed by atoms with Crippen molar-refractivity contribution in [3.8, 4) is 0 Å². The van der Waals surface area contributed by atoms with Crippen LogP contribution >= 0.6 is 0 Å². The van der Waals surface area contributed by atoms with Crippen LogP contribution in [0.5, 0.6) is 0 Å².